The Hall–Kier alpha value is -1.46. The second kappa shape index (κ2) is 8.41. The summed E-state index contributed by atoms with van der Waals surface area (Å²) in [6.07, 6.45) is 0.579. The van der Waals surface area contributed by atoms with E-state index in [9.17, 15) is 13.2 Å². The molecule has 0 aliphatic heterocycles. The number of benzene rings is 2. The van der Waals surface area contributed by atoms with Crippen molar-refractivity contribution in [2.75, 3.05) is 5.75 Å². The lowest BCUT2D eigenvalue weighted by Gasteiger charge is -2.19. The lowest BCUT2D eigenvalue weighted by Crippen LogP contribution is -2.34. The second-order valence-corrected chi connectivity index (χ2v) is 6.60. The Morgan fingerprint density at radius 2 is 1.70 bits per heavy atom. The van der Waals surface area contributed by atoms with Crippen LogP contribution in [0.1, 0.15) is 16.7 Å². The number of aryl methyl sites for hydroxylation is 1. The minimum Gasteiger partial charge on any atom is -0.309 e. The van der Waals surface area contributed by atoms with E-state index >= 15 is 0 Å². The van der Waals surface area contributed by atoms with Gasteiger partial charge in [0.2, 0.25) is 0 Å². The van der Waals surface area contributed by atoms with Crippen LogP contribution in [0, 0.1) is 6.92 Å². The minimum atomic E-state index is -4.19. The number of halogens is 3. The number of rotatable bonds is 7. The molecular formula is C18H20F3NS. The van der Waals surface area contributed by atoms with Crippen molar-refractivity contribution in [2.24, 2.45) is 0 Å². The predicted octanol–water partition coefficient (Wildman–Crippen LogP) is 4.95. The Kier molecular flexibility index (Phi) is 6.54. The topological polar surface area (TPSA) is 12.0 Å². The van der Waals surface area contributed by atoms with Gasteiger partial charge in [-0.15, -0.1) is 0 Å². The van der Waals surface area contributed by atoms with Crippen molar-refractivity contribution >= 4 is 11.8 Å². The summed E-state index contributed by atoms with van der Waals surface area (Å²) in [7, 11) is 0. The SMILES string of the molecule is Cc1cccc(CNC(CSC(F)(F)F)Cc2ccccc2)c1. The van der Waals surface area contributed by atoms with Crippen LogP contribution >= 0.6 is 11.8 Å². The molecule has 0 saturated heterocycles. The van der Waals surface area contributed by atoms with Gasteiger partial charge in [-0.05, 0) is 36.2 Å². The Morgan fingerprint density at radius 1 is 1.00 bits per heavy atom. The molecule has 2 aromatic carbocycles. The van der Waals surface area contributed by atoms with Crippen molar-refractivity contribution in [3.8, 4) is 0 Å². The molecule has 0 radical (unpaired) electrons. The maximum Gasteiger partial charge on any atom is 0.441 e. The Bertz CT molecular complexity index is 599. The molecule has 0 saturated carbocycles. The highest BCUT2D eigenvalue weighted by Crippen LogP contribution is 2.31. The van der Waals surface area contributed by atoms with E-state index in [-0.39, 0.29) is 23.6 Å². The molecule has 0 amide bonds. The molecule has 2 aromatic rings. The Balaban J connectivity index is 1.97. The summed E-state index contributed by atoms with van der Waals surface area (Å²) < 4.78 is 37.5. The van der Waals surface area contributed by atoms with Crippen molar-refractivity contribution < 1.29 is 13.2 Å². The molecule has 23 heavy (non-hydrogen) atoms. The summed E-state index contributed by atoms with van der Waals surface area (Å²) in [4.78, 5) is 0. The van der Waals surface area contributed by atoms with Crippen LogP contribution in [0.4, 0.5) is 13.2 Å². The molecule has 0 aliphatic rings. The van der Waals surface area contributed by atoms with E-state index in [0.29, 0.717) is 13.0 Å². The number of nitrogens with one attached hydrogen (secondary N) is 1. The molecular weight excluding hydrogens is 319 g/mol. The highest BCUT2D eigenvalue weighted by atomic mass is 32.2. The standard InChI is InChI=1S/C18H20F3NS/c1-14-6-5-9-16(10-14)12-22-17(13-23-18(19,20)21)11-15-7-3-2-4-8-15/h2-10,17,22H,11-13H2,1H3. The average molecular weight is 339 g/mol. The fourth-order valence-corrected chi connectivity index (χ4v) is 2.99. The molecule has 0 heterocycles. The first-order chi connectivity index (χ1) is 10.9. The molecule has 0 spiro atoms. The number of hydrogen-bond acceptors (Lipinski definition) is 2. The summed E-state index contributed by atoms with van der Waals surface area (Å²) in [6, 6.07) is 17.4. The fourth-order valence-electron chi connectivity index (χ4n) is 2.37. The van der Waals surface area contributed by atoms with Crippen molar-refractivity contribution in [2.45, 2.75) is 31.4 Å². The molecule has 1 N–H and O–H groups in total. The lowest BCUT2D eigenvalue weighted by atomic mass is 10.1. The first-order valence-electron chi connectivity index (χ1n) is 7.46. The zero-order valence-electron chi connectivity index (χ0n) is 12.9. The van der Waals surface area contributed by atoms with Gasteiger partial charge in [-0.25, -0.2) is 0 Å². The van der Waals surface area contributed by atoms with Gasteiger partial charge in [0.25, 0.3) is 0 Å². The third-order valence-electron chi connectivity index (χ3n) is 3.45. The normalized spacial score (nSPS) is 13.0. The van der Waals surface area contributed by atoms with Gasteiger partial charge in [0.05, 0.1) is 0 Å². The lowest BCUT2D eigenvalue weighted by molar-refractivity contribution is -0.0329. The van der Waals surface area contributed by atoms with Crippen LogP contribution in [0.3, 0.4) is 0 Å². The van der Waals surface area contributed by atoms with Gasteiger partial charge in [0.15, 0.2) is 0 Å². The van der Waals surface area contributed by atoms with Crippen LogP contribution in [-0.2, 0) is 13.0 Å². The fraction of sp³-hybridized carbons (Fsp3) is 0.333. The van der Waals surface area contributed by atoms with E-state index in [2.05, 4.69) is 5.32 Å². The van der Waals surface area contributed by atoms with Crippen LogP contribution < -0.4 is 5.32 Å². The highest BCUT2D eigenvalue weighted by Gasteiger charge is 2.29. The summed E-state index contributed by atoms with van der Waals surface area (Å²) in [5, 5.41) is 3.26. The quantitative estimate of drug-likeness (QED) is 0.766. The monoisotopic (exact) mass is 339 g/mol. The van der Waals surface area contributed by atoms with Gasteiger partial charge in [0.1, 0.15) is 0 Å². The second-order valence-electron chi connectivity index (χ2n) is 5.51. The minimum absolute atomic E-state index is 0.00418. The van der Waals surface area contributed by atoms with E-state index in [1.165, 1.54) is 0 Å². The average Bonchev–Trinajstić information content (AvgIpc) is 2.50. The molecule has 0 fully saturated rings. The highest BCUT2D eigenvalue weighted by molar-refractivity contribution is 8.00. The van der Waals surface area contributed by atoms with Crippen LogP contribution in [0.15, 0.2) is 54.6 Å². The molecule has 0 aromatic heterocycles. The van der Waals surface area contributed by atoms with E-state index < -0.39 is 5.51 Å². The van der Waals surface area contributed by atoms with Crippen molar-refractivity contribution in [1.29, 1.82) is 0 Å². The van der Waals surface area contributed by atoms with Crippen LogP contribution in [0.5, 0.6) is 0 Å². The van der Waals surface area contributed by atoms with Gasteiger partial charge >= 0.3 is 5.51 Å². The molecule has 5 heteroatoms. The van der Waals surface area contributed by atoms with E-state index in [1.54, 1.807) is 0 Å². The number of hydrogen-bond donors (Lipinski definition) is 1. The van der Waals surface area contributed by atoms with Gasteiger partial charge in [0, 0.05) is 18.3 Å². The molecule has 0 aliphatic carbocycles. The molecule has 1 nitrogen and oxygen atoms in total. The number of thioether (sulfide) groups is 1. The maximum absolute atomic E-state index is 12.5. The van der Waals surface area contributed by atoms with Crippen LogP contribution in [0.25, 0.3) is 0 Å². The third-order valence-corrected chi connectivity index (χ3v) is 4.35. The van der Waals surface area contributed by atoms with Crippen molar-refractivity contribution in [3.63, 3.8) is 0 Å². The maximum atomic E-state index is 12.5. The van der Waals surface area contributed by atoms with Gasteiger partial charge in [-0.3, -0.25) is 0 Å². The smallest absolute Gasteiger partial charge is 0.309 e. The Morgan fingerprint density at radius 3 is 2.35 bits per heavy atom. The van der Waals surface area contributed by atoms with Gasteiger partial charge in [-0.2, -0.15) is 13.2 Å². The van der Waals surface area contributed by atoms with E-state index in [4.69, 9.17) is 0 Å². The van der Waals surface area contributed by atoms with Crippen LogP contribution in [-0.4, -0.2) is 17.3 Å². The van der Waals surface area contributed by atoms with Gasteiger partial charge < -0.3 is 5.32 Å². The van der Waals surface area contributed by atoms with E-state index in [1.807, 2.05) is 61.5 Å². The molecule has 1 atom stereocenters. The first kappa shape index (κ1) is 17.9. The third kappa shape index (κ3) is 7.10. The molecule has 1 unspecified atom stereocenters. The molecule has 0 bridgehead atoms. The zero-order chi connectivity index (χ0) is 16.7. The number of alkyl halides is 3. The van der Waals surface area contributed by atoms with Crippen molar-refractivity contribution in [1.82, 2.24) is 5.32 Å². The van der Waals surface area contributed by atoms with E-state index in [0.717, 1.165) is 16.7 Å². The first-order valence-corrected chi connectivity index (χ1v) is 8.44. The summed E-state index contributed by atoms with van der Waals surface area (Å²) in [5.41, 5.74) is -0.925. The van der Waals surface area contributed by atoms with Gasteiger partial charge in [-0.1, -0.05) is 60.2 Å². The predicted molar refractivity (Wildman–Crippen MR) is 90.5 cm³/mol. The zero-order valence-corrected chi connectivity index (χ0v) is 13.8. The molecule has 2 rings (SSSR count). The summed E-state index contributed by atoms with van der Waals surface area (Å²) in [6.45, 7) is 2.57. The largest absolute Gasteiger partial charge is 0.441 e. The Labute approximate surface area is 139 Å². The molecule has 124 valence electrons. The summed E-state index contributed by atoms with van der Waals surface area (Å²) >= 11 is 0.0367. The van der Waals surface area contributed by atoms with Crippen molar-refractivity contribution in [3.05, 3.63) is 71.3 Å². The van der Waals surface area contributed by atoms with Crippen LogP contribution in [0.2, 0.25) is 0 Å². The summed E-state index contributed by atoms with van der Waals surface area (Å²) in [5.74, 6) is 0.00418.